The maximum Gasteiger partial charge on any atom is 0.243 e. The van der Waals surface area contributed by atoms with Crippen LogP contribution in [0.4, 0.5) is 0 Å². The Morgan fingerprint density at radius 3 is 2.56 bits per heavy atom. The Morgan fingerprint density at radius 1 is 1.24 bits per heavy atom. The molecule has 0 atom stereocenters. The van der Waals surface area contributed by atoms with E-state index in [1.807, 2.05) is 19.2 Å². The van der Waals surface area contributed by atoms with Crippen molar-refractivity contribution >= 4 is 16.0 Å². The quantitative estimate of drug-likeness (QED) is 0.435. The van der Waals surface area contributed by atoms with Crippen molar-refractivity contribution in [3.63, 3.8) is 0 Å². The van der Waals surface area contributed by atoms with Crippen LogP contribution in [0, 0.1) is 0 Å². The highest BCUT2D eigenvalue weighted by Crippen LogP contribution is 2.21. The van der Waals surface area contributed by atoms with Gasteiger partial charge in [0, 0.05) is 46.3 Å². The highest BCUT2D eigenvalue weighted by molar-refractivity contribution is 7.89. The van der Waals surface area contributed by atoms with Gasteiger partial charge in [-0.25, -0.2) is 8.42 Å². The molecule has 0 radical (unpaired) electrons. The van der Waals surface area contributed by atoms with Crippen LogP contribution in [0.3, 0.4) is 0 Å². The summed E-state index contributed by atoms with van der Waals surface area (Å²) in [7, 11) is 0.178. The number of hydrogen-bond acceptors (Lipinski definition) is 4. The zero-order chi connectivity index (χ0) is 18.3. The monoisotopic (exact) mass is 365 g/mol. The maximum absolute atomic E-state index is 13.0. The van der Waals surface area contributed by atoms with Crippen LogP contribution in [0.15, 0.2) is 46.8 Å². The van der Waals surface area contributed by atoms with Crippen molar-refractivity contribution in [3.05, 3.63) is 42.5 Å². The second-order valence-corrected chi connectivity index (χ2v) is 7.82. The first-order valence-corrected chi connectivity index (χ1v) is 9.75. The van der Waals surface area contributed by atoms with E-state index in [-0.39, 0.29) is 0 Å². The third kappa shape index (κ3) is 5.04. The number of likely N-dealkylation sites (N-methyl/N-ethyl adjacent to an activating group) is 1. The summed E-state index contributed by atoms with van der Waals surface area (Å²) in [4.78, 5) is 6.60. The molecule has 25 heavy (non-hydrogen) atoms. The van der Waals surface area contributed by atoms with Gasteiger partial charge in [0.25, 0.3) is 0 Å². The average molecular weight is 366 g/mol. The molecule has 7 nitrogen and oxygen atoms in total. The summed E-state index contributed by atoms with van der Waals surface area (Å²) in [6, 6.07) is 7.11. The number of guanidine groups is 1. The van der Waals surface area contributed by atoms with Crippen molar-refractivity contribution in [2.75, 3.05) is 46.8 Å². The van der Waals surface area contributed by atoms with Crippen molar-refractivity contribution in [2.45, 2.75) is 11.4 Å². The van der Waals surface area contributed by atoms with Crippen LogP contribution in [0.1, 0.15) is 5.56 Å². The first-order valence-electron chi connectivity index (χ1n) is 8.31. The van der Waals surface area contributed by atoms with E-state index in [9.17, 15) is 8.42 Å². The van der Waals surface area contributed by atoms with Gasteiger partial charge in [-0.2, -0.15) is 4.31 Å². The van der Waals surface area contributed by atoms with Crippen LogP contribution in [0.2, 0.25) is 0 Å². The molecule has 1 heterocycles. The fourth-order valence-corrected chi connectivity index (χ4v) is 4.28. The smallest absolute Gasteiger partial charge is 0.243 e. The Hall–Kier alpha value is -1.90. The summed E-state index contributed by atoms with van der Waals surface area (Å²) in [6.07, 6.45) is 1.73. The largest absolute Gasteiger partial charge is 0.353 e. The molecule has 8 heteroatoms. The Bertz CT molecular complexity index is 710. The summed E-state index contributed by atoms with van der Waals surface area (Å²) < 4.78 is 27.6. The second kappa shape index (κ2) is 8.98. The molecular formula is C17H27N5O2S. The predicted octanol–water partition coefficient (Wildman–Crippen LogP) is 0.474. The molecule has 0 amide bonds. The van der Waals surface area contributed by atoms with E-state index in [0.717, 1.165) is 18.7 Å². The fraction of sp³-hybridized carbons (Fsp3) is 0.471. The molecule has 1 aliphatic heterocycles. The molecule has 2 N–H and O–H groups in total. The Labute approximate surface area is 150 Å². The van der Waals surface area contributed by atoms with E-state index in [4.69, 9.17) is 0 Å². The molecule has 138 valence electrons. The van der Waals surface area contributed by atoms with Gasteiger partial charge in [-0.1, -0.05) is 24.3 Å². The minimum Gasteiger partial charge on any atom is -0.353 e. The Morgan fingerprint density at radius 2 is 1.92 bits per heavy atom. The van der Waals surface area contributed by atoms with Gasteiger partial charge in [0.2, 0.25) is 10.0 Å². The molecule has 0 saturated carbocycles. The lowest BCUT2D eigenvalue weighted by Gasteiger charge is -2.32. The molecule has 1 saturated heterocycles. The standard InChI is InChI=1S/C17H27N5O2S/c1-4-9-19-17(18-2)20-14-15-7-5-6-8-16(15)25(23,24)22-12-10-21(3)11-13-22/h4-8H,1,9-14H2,2-3H3,(H2,18,19,20). The normalized spacial score (nSPS) is 17.3. The third-order valence-electron chi connectivity index (χ3n) is 4.14. The lowest BCUT2D eigenvalue weighted by Crippen LogP contribution is -2.47. The highest BCUT2D eigenvalue weighted by atomic mass is 32.2. The highest BCUT2D eigenvalue weighted by Gasteiger charge is 2.29. The molecule has 0 spiro atoms. The number of benzene rings is 1. The number of rotatable bonds is 6. The Kier molecular flexibility index (Phi) is 6.98. The van der Waals surface area contributed by atoms with E-state index in [1.54, 1.807) is 29.6 Å². The number of nitrogens with zero attached hydrogens (tertiary/aromatic N) is 3. The average Bonchev–Trinajstić information content (AvgIpc) is 2.62. The molecule has 0 unspecified atom stereocenters. The topological polar surface area (TPSA) is 77.0 Å². The second-order valence-electron chi connectivity index (χ2n) is 5.91. The molecule has 2 rings (SSSR count). The number of aliphatic imine (C=N–C) groups is 1. The van der Waals surface area contributed by atoms with Gasteiger partial charge in [-0.05, 0) is 18.7 Å². The van der Waals surface area contributed by atoms with E-state index < -0.39 is 10.0 Å². The first-order chi connectivity index (χ1) is 12.0. The number of sulfonamides is 1. The molecule has 1 fully saturated rings. The van der Waals surface area contributed by atoms with E-state index >= 15 is 0 Å². The molecule has 1 aromatic carbocycles. The molecule has 0 aromatic heterocycles. The van der Waals surface area contributed by atoms with Crippen molar-refractivity contribution in [2.24, 2.45) is 4.99 Å². The van der Waals surface area contributed by atoms with Crippen LogP contribution in [-0.4, -0.2) is 70.4 Å². The molecule has 1 aliphatic rings. The maximum atomic E-state index is 13.0. The summed E-state index contributed by atoms with van der Waals surface area (Å²) in [5.41, 5.74) is 0.725. The number of hydrogen-bond donors (Lipinski definition) is 2. The fourth-order valence-electron chi connectivity index (χ4n) is 2.64. The third-order valence-corrected chi connectivity index (χ3v) is 6.14. The minimum absolute atomic E-state index is 0.353. The summed E-state index contributed by atoms with van der Waals surface area (Å²) in [5.74, 6) is 0.603. The zero-order valence-electron chi connectivity index (χ0n) is 14.9. The van der Waals surface area contributed by atoms with E-state index in [1.165, 1.54) is 0 Å². The van der Waals surface area contributed by atoms with Crippen molar-refractivity contribution in [1.29, 1.82) is 0 Å². The van der Waals surface area contributed by atoms with Crippen molar-refractivity contribution < 1.29 is 8.42 Å². The lowest BCUT2D eigenvalue weighted by atomic mass is 10.2. The van der Waals surface area contributed by atoms with Crippen LogP contribution < -0.4 is 10.6 Å². The van der Waals surface area contributed by atoms with Gasteiger partial charge in [0.05, 0.1) is 4.90 Å². The Balaban J connectivity index is 2.15. The first kappa shape index (κ1) is 19.4. The van der Waals surface area contributed by atoms with Crippen molar-refractivity contribution in [3.8, 4) is 0 Å². The van der Waals surface area contributed by atoms with Crippen LogP contribution in [-0.2, 0) is 16.6 Å². The van der Waals surface area contributed by atoms with Gasteiger partial charge in [0.15, 0.2) is 5.96 Å². The van der Waals surface area contributed by atoms with Gasteiger partial charge < -0.3 is 15.5 Å². The van der Waals surface area contributed by atoms with Gasteiger partial charge >= 0.3 is 0 Å². The van der Waals surface area contributed by atoms with E-state index in [0.29, 0.717) is 37.0 Å². The summed E-state index contributed by atoms with van der Waals surface area (Å²) in [5, 5.41) is 6.21. The molecular weight excluding hydrogens is 338 g/mol. The lowest BCUT2D eigenvalue weighted by molar-refractivity contribution is 0.222. The van der Waals surface area contributed by atoms with E-state index in [2.05, 4.69) is 27.1 Å². The molecule has 1 aromatic rings. The van der Waals surface area contributed by atoms with Crippen LogP contribution in [0.5, 0.6) is 0 Å². The number of piperazine rings is 1. The summed E-state index contributed by atoms with van der Waals surface area (Å²) in [6.45, 7) is 7.14. The zero-order valence-corrected chi connectivity index (χ0v) is 15.7. The van der Waals surface area contributed by atoms with Crippen LogP contribution >= 0.6 is 0 Å². The summed E-state index contributed by atoms with van der Waals surface area (Å²) >= 11 is 0. The van der Waals surface area contributed by atoms with Gasteiger partial charge in [-0.15, -0.1) is 6.58 Å². The van der Waals surface area contributed by atoms with Crippen LogP contribution in [0.25, 0.3) is 0 Å². The predicted molar refractivity (Wildman–Crippen MR) is 101 cm³/mol. The minimum atomic E-state index is -3.50. The molecule has 0 aliphatic carbocycles. The van der Waals surface area contributed by atoms with Gasteiger partial charge in [0.1, 0.15) is 0 Å². The molecule has 0 bridgehead atoms. The SMILES string of the molecule is C=CCNC(=NC)NCc1ccccc1S(=O)(=O)N1CCN(C)CC1. The number of nitrogens with one attached hydrogen (secondary N) is 2. The van der Waals surface area contributed by atoms with Gasteiger partial charge in [-0.3, -0.25) is 4.99 Å². The van der Waals surface area contributed by atoms with Crippen molar-refractivity contribution in [1.82, 2.24) is 19.8 Å².